The first-order valence-electron chi connectivity index (χ1n) is 43.9. The fraction of sp³-hybridized carbons (Fsp3) is 0.0667. The van der Waals surface area contributed by atoms with Crippen LogP contribution in [-0.4, -0.2) is 0 Å². The third-order valence-corrected chi connectivity index (χ3v) is 28.3. The van der Waals surface area contributed by atoms with Gasteiger partial charge in [-0.05, 0) is 214 Å². The fourth-order valence-corrected chi connectivity index (χ4v) is 22.6. The maximum atomic E-state index is 7.25. The van der Waals surface area contributed by atoms with Gasteiger partial charge in [0.15, 0.2) is 11.2 Å². The average molecular weight is 1610 g/mol. The number of nitrogens with zero attached hydrogens (tertiary/aromatic N) is 4. The second-order valence-electron chi connectivity index (χ2n) is 35.7. The van der Waals surface area contributed by atoms with Crippen molar-refractivity contribution in [2.24, 2.45) is 0 Å². The van der Waals surface area contributed by atoms with E-state index in [9.17, 15) is 0 Å². The zero-order valence-corrected chi connectivity index (χ0v) is 70.6. The second kappa shape index (κ2) is 26.9. The van der Waals surface area contributed by atoms with Gasteiger partial charge in [-0.3, -0.25) is 0 Å². The smallest absolute Gasteiger partial charge is 0.159 e. The molecule has 24 aromatic rings. The first kappa shape index (κ1) is 71.9. The Labute approximate surface area is 729 Å². The van der Waals surface area contributed by atoms with E-state index in [1.165, 1.54) is 104 Å². The lowest BCUT2D eigenvalue weighted by molar-refractivity contribution is 0.660. The Morgan fingerprint density at radius 3 is 1.11 bits per heavy atom. The zero-order valence-electron chi connectivity index (χ0n) is 70.6. The monoisotopic (exact) mass is 1610 g/mol. The topological polar surface area (TPSA) is 39.2 Å². The van der Waals surface area contributed by atoms with Gasteiger partial charge in [0.2, 0.25) is 0 Å². The molecular formula is C120H82N4O2. The SMILES string of the molecule is Cc1ccc2ccccc2c1N(c1ccc2ccc3c(N(c4c(C)ccc5ccc(-c6ccc(N(c7ccccc7)c7ccc8ccc9c(N(c%10ccccc%10)c%10cccc%11c%10-c%10ccccc%10C%11(C)C)ccc%10ccc7c8c%109)c7c6C(C)(C)c6ccccc6-7)cc45)c4cccc5c4oc4ccccc45)ccc4ccc1c2c43)c1cccc2c1oc1ccccc12. The third-order valence-electron chi connectivity index (χ3n) is 28.3. The van der Waals surface area contributed by atoms with Crippen LogP contribution in [0.15, 0.2) is 397 Å². The van der Waals surface area contributed by atoms with Crippen molar-refractivity contribution < 1.29 is 8.83 Å². The van der Waals surface area contributed by atoms with Gasteiger partial charge in [0.05, 0.1) is 56.9 Å². The minimum absolute atomic E-state index is 0.172. The van der Waals surface area contributed by atoms with E-state index in [0.29, 0.717) is 0 Å². The third kappa shape index (κ3) is 10.2. The van der Waals surface area contributed by atoms with Gasteiger partial charge in [0, 0.05) is 87.2 Å². The van der Waals surface area contributed by atoms with Gasteiger partial charge < -0.3 is 28.4 Å². The van der Waals surface area contributed by atoms with Gasteiger partial charge in [-0.25, -0.2) is 0 Å². The van der Waals surface area contributed by atoms with Crippen LogP contribution in [0.5, 0.6) is 0 Å². The Hall–Kier alpha value is -15.8. The molecule has 2 aliphatic rings. The minimum atomic E-state index is -0.444. The normalized spacial score (nSPS) is 13.3. The number of benzene rings is 22. The first-order valence-corrected chi connectivity index (χ1v) is 43.9. The summed E-state index contributed by atoms with van der Waals surface area (Å²) in [5, 5.41) is 23.1. The van der Waals surface area contributed by atoms with Gasteiger partial charge in [-0.2, -0.15) is 0 Å². The van der Waals surface area contributed by atoms with Crippen molar-refractivity contribution >= 4 is 198 Å². The van der Waals surface area contributed by atoms with E-state index in [1.807, 2.05) is 0 Å². The van der Waals surface area contributed by atoms with E-state index < -0.39 is 5.41 Å². The lowest BCUT2D eigenvalue weighted by atomic mass is 9.78. The largest absolute Gasteiger partial charge is 0.454 e. The van der Waals surface area contributed by atoms with Gasteiger partial charge in [0.1, 0.15) is 11.2 Å². The van der Waals surface area contributed by atoms with Crippen molar-refractivity contribution in [3.8, 4) is 33.4 Å². The second-order valence-corrected chi connectivity index (χ2v) is 35.7. The average Bonchev–Trinajstić information content (AvgIpc) is 1.41. The van der Waals surface area contributed by atoms with E-state index >= 15 is 0 Å². The number of fused-ring (bicyclic) bond motifs is 14. The van der Waals surface area contributed by atoms with Crippen LogP contribution in [0.2, 0.25) is 0 Å². The van der Waals surface area contributed by atoms with Crippen molar-refractivity contribution in [3.63, 3.8) is 0 Å². The number of hydrogen-bond acceptors (Lipinski definition) is 6. The number of para-hydroxylation sites is 6. The van der Waals surface area contributed by atoms with Crippen LogP contribution in [0.1, 0.15) is 61.1 Å². The Morgan fingerprint density at radius 1 is 0.222 bits per heavy atom. The van der Waals surface area contributed by atoms with E-state index in [-0.39, 0.29) is 5.41 Å². The van der Waals surface area contributed by atoms with Crippen LogP contribution in [0, 0.1) is 13.8 Å². The number of anilines is 12. The lowest BCUT2D eigenvalue weighted by Crippen LogP contribution is -2.17. The molecule has 2 aromatic heterocycles. The van der Waals surface area contributed by atoms with Crippen molar-refractivity contribution in [3.05, 3.63) is 422 Å². The summed E-state index contributed by atoms with van der Waals surface area (Å²) in [6.07, 6.45) is 0. The van der Waals surface area contributed by atoms with E-state index in [0.717, 1.165) is 161 Å². The minimum Gasteiger partial charge on any atom is -0.454 e. The molecular weight excluding hydrogens is 1530 g/mol. The molecule has 2 aliphatic carbocycles. The summed E-state index contributed by atoms with van der Waals surface area (Å²) in [5.74, 6) is 0. The lowest BCUT2D eigenvalue weighted by Gasteiger charge is -2.32. The molecule has 26 rings (SSSR count). The highest BCUT2D eigenvalue weighted by Gasteiger charge is 2.42. The van der Waals surface area contributed by atoms with Crippen molar-refractivity contribution in [1.82, 2.24) is 0 Å². The molecule has 0 amide bonds. The highest BCUT2D eigenvalue weighted by molar-refractivity contribution is 6.31. The highest BCUT2D eigenvalue weighted by atomic mass is 16.3. The van der Waals surface area contributed by atoms with Gasteiger partial charge in [-0.1, -0.05) is 325 Å². The molecule has 0 saturated carbocycles. The standard InChI is InChI=1S/C120H82N4O2/c1-71-46-48-73-26-13-14-31-83(73)115(71)123(104-42-23-36-86-84-32-17-21-44-106(84)125-117(86)104)100-67-58-77-55-63-93-101(68-59-78-54-62-92(100)110(77)111(78)93)124(105-43-24-37-87-85-33-18-22-45-107(85)126-118(87)105)116-72(2)47-49-74-50-51-79(70-94(74)116)82-64-69-103(113-89-35-16-20-39-96(89)120(5,6)114(82)113)122(81-29-11-8-12-30-81)99-66-57-76-52-60-90-98(65-56-75-53-61-91(99)109(76)108(75)90)121(80-27-9-7-10-28-80)102-41-25-40-97-112(102)88-34-15-19-38-95(88)119(97,3)4/h7-70H,1-6H3. The molecule has 6 nitrogen and oxygen atoms in total. The molecule has 0 N–H and O–H groups in total. The molecule has 0 atom stereocenters. The van der Waals surface area contributed by atoms with Crippen LogP contribution in [0.25, 0.3) is 163 Å². The Balaban J connectivity index is 0.674. The molecule has 0 spiro atoms. The zero-order chi connectivity index (χ0) is 83.7. The summed E-state index contributed by atoms with van der Waals surface area (Å²) in [6, 6.07) is 145. The molecule has 594 valence electrons. The summed E-state index contributed by atoms with van der Waals surface area (Å²) in [7, 11) is 0. The van der Waals surface area contributed by atoms with Crippen LogP contribution >= 0.6 is 0 Å². The van der Waals surface area contributed by atoms with Crippen LogP contribution < -0.4 is 19.6 Å². The maximum absolute atomic E-state index is 7.25. The number of hydrogen-bond donors (Lipinski definition) is 0. The molecule has 0 aliphatic heterocycles. The molecule has 6 heteroatoms. The first-order chi connectivity index (χ1) is 61.9. The molecule has 0 fully saturated rings. The Kier molecular flexibility index (Phi) is 15.3. The summed E-state index contributed by atoms with van der Waals surface area (Å²) in [5.41, 5.74) is 30.6. The molecule has 0 saturated heterocycles. The predicted octanol–water partition coefficient (Wildman–Crippen LogP) is 34.4. The predicted molar refractivity (Wildman–Crippen MR) is 532 cm³/mol. The van der Waals surface area contributed by atoms with Crippen molar-refractivity contribution in [1.29, 1.82) is 0 Å². The van der Waals surface area contributed by atoms with Crippen LogP contribution in [-0.2, 0) is 10.8 Å². The number of aryl methyl sites for hydroxylation is 2. The van der Waals surface area contributed by atoms with Crippen LogP contribution in [0.3, 0.4) is 0 Å². The van der Waals surface area contributed by atoms with Crippen molar-refractivity contribution in [2.45, 2.75) is 52.4 Å². The maximum Gasteiger partial charge on any atom is 0.159 e. The quantitative estimate of drug-likeness (QED) is 0.107. The Bertz CT molecular complexity index is 8730. The Morgan fingerprint density at radius 2 is 0.587 bits per heavy atom. The summed E-state index contributed by atoms with van der Waals surface area (Å²) >= 11 is 0. The molecule has 0 bridgehead atoms. The number of furan rings is 2. The van der Waals surface area contributed by atoms with Crippen molar-refractivity contribution in [2.75, 3.05) is 19.6 Å². The number of rotatable bonds is 13. The fourth-order valence-electron chi connectivity index (χ4n) is 22.6. The molecule has 22 aromatic carbocycles. The summed E-state index contributed by atoms with van der Waals surface area (Å²) < 4.78 is 14.3. The van der Waals surface area contributed by atoms with Gasteiger partial charge in [0.25, 0.3) is 0 Å². The molecule has 0 radical (unpaired) electrons. The highest BCUT2D eigenvalue weighted by Crippen LogP contribution is 2.62. The van der Waals surface area contributed by atoms with Gasteiger partial charge >= 0.3 is 0 Å². The summed E-state index contributed by atoms with van der Waals surface area (Å²) in [6.45, 7) is 14.2. The summed E-state index contributed by atoms with van der Waals surface area (Å²) in [4.78, 5) is 10.1. The van der Waals surface area contributed by atoms with E-state index in [1.54, 1.807) is 0 Å². The van der Waals surface area contributed by atoms with E-state index in [2.05, 4.69) is 449 Å². The van der Waals surface area contributed by atoms with Gasteiger partial charge in [-0.15, -0.1) is 0 Å². The molecule has 126 heavy (non-hydrogen) atoms. The van der Waals surface area contributed by atoms with Crippen LogP contribution in [0.4, 0.5) is 68.2 Å². The molecule has 0 unspecified atom stereocenters. The van der Waals surface area contributed by atoms with E-state index in [4.69, 9.17) is 8.83 Å². The molecule has 2 heterocycles.